The summed E-state index contributed by atoms with van der Waals surface area (Å²) in [5.74, 6) is 1.13. The monoisotopic (exact) mass is 411 g/mol. The molecule has 150 valence electrons. The van der Waals surface area contributed by atoms with E-state index in [2.05, 4.69) is 27.4 Å². The number of carbonyl (C=O) groups excluding carboxylic acids is 1. The fourth-order valence-electron chi connectivity index (χ4n) is 3.53. The summed E-state index contributed by atoms with van der Waals surface area (Å²) in [6.07, 6.45) is 6.22. The zero-order valence-electron chi connectivity index (χ0n) is 15.8. The third-order valence-electron chi connectivity index (χ3n) is 5.20. The second-order valence-corrected chi connectivity index (χ2v) is 8.74. The van der Waals surface area contributed by atoms with Gasteiger partial charge in [0.05, 0.1) is 12.0 Å². The van der Waals surface area contributed by atoms with E-state index in [0.717, 1.165) is 18.6 Å². The first-order chi connectivity index (χ1) is 14.0. The van der Waals surface area contributed by atoms with Crippen LogP contribution in [0.3, 0.4) is 0 Å². The van der Waals surface area contributed by atoms with E-state index in [1.54, 1.807) is 30.3 Å². The molecule has 1 fully saturated rings. The van der Waals surface area contributed by atoms with Crippen molar-refractivity contribution in [3.63, 3.8) is 0 Å². The Morgan fingerprint density at radius 1 is 1.17 bits per heavy atom. The summed E-state index contributed by atoms with van der Waals surface area (Å²) < 4.78 is 32.9. The van der Waals surface area contributed by atoms with Gasteiger partial charge in [0.2, 0.25) is 0 Å². The number of rotatable bonds is 6. The summed E-state index contributed by atoms with van der Waals surface area (Å²) >= 11 is 0. The number of nitrogens with one attached hydrogen (secondary N) is 2. The fourth-order valence-corrected chi connectivity index (χ4v) is 4.63. The largest absolute Gasteiger partial charge is 0.497 e. The number of methoxy groups -OCH3 is 1. The molecule has 2 aromatic carbocycles. The number of benzene rings is 2. The Morgan fingerprint density at radius 2 is 1.97 bits per heavy atom. The number of hydrazone groups is 1. The first-order valence-corrected chi connectivity index (χ1v) is 10.7. The maximum atomic E-state index is 12.7. The molecular formula is C21H21N3O4S. The van der Waals surface area contributed by atoms with Crippen molar-refractivity contribution in [3.8, 4) is 5.75 Å². The second kappa shape index (κ2) is 7.71. The normalized spacial score (nSPS) is 21.3. The van der Waals surface area contributed by atoms with Crippen LogP contribution in [0.2, 0.25) is 0 Å². The Morgan fingerprint density at radius 3 is 2.69 bits per heavy atom. The van der Waals surface area contributed by atoms with Gasteiger partial charge in [-0.2, -0.15) is 5.10 Å². The third-order valence-corrected chi connectivity index (χ3v) is 6.58. The molecule has 0 aromatic heterocycles. The molecule has 0 radical (unpaired) electrons. The lowest BCUT2D eigenvalue weighted by Crippen LogP contribution is -2.35. The van der Waals surface area contributed by atoms with Gasteiger partial charge >= 0.3 is 0 Å². The Kier molecular flexibility index (Phi) is 5.10. The summed E-state index contributed by atoms with van der Waals surface area (Å²) in [6.45, 7) is 0. The van der Waals surface area contributed by atoms with Gasteiger partial charge in [0.1, 0.15) is 5.75 Å². The van der Waals surface area contributed by atoms with Crippen LogP contribution >= 0.6 is 0 Å². The fraction of sp³-hybridized carbons (Fsp3) is 0.238. The van der Waals surface area contributed by atoms with Crippen LogP contribution in [0.4, 0.5) is 5.69 Å². The molecule has 4 rings (SSSR count). The van der Waals surface area contributed by atoms with Gasteiger partial charge in [-0.1, -0.05) is 18.2 Å². The minimum atomic E-state index is -3.84. The highest BCUT2D eigenvalue weighted by atomic mass is 32.2. The average molecular weight is 411 g/mol. The SMILES string of the molecule is COc1ccc(NS(=O)(=O)c2cccc(C(=O)N/N=C3\CC4CC=CC34)c2)cc1. The Balaban J connectivity index is 1.46. The lowest BCUT2D eigenvalue weighted by atomic mass is 9.74. The molecule has 2 aliphatic rings. The smallest absolute Gasteiger partial charge is 0.271 e. The minimum Gasteiger partial charge on any atom is -0.497 e. The van der Waals surface area contributed by atoms with Gasteiger partial charge in [0, 0.05) is 22.9 Å². The number of sulfonamides is 1. The van der Waals surface area contributed by atoms with Crippen molar-refractivity contribution >= 4 is 27.3 Å². The van der Waals surface area contributed by atoms with E-state index in [0.29, 0.717) is 23.3 Å². The zero-order valence-corrected chi connectivity index (χ0v) is 16.6. The lowest BCUT2D eigenvalue weighted by molar-refractivity contribution is 0.0953. The number of hydrogen-bond donors (Lipinski definition) is 2. The van der Waals surface area contributed by atoms with Crippen molar-refractivity contribution in [1.29, 1.82) is 0 Å². The molecule has 2 aromatic rings. The molecule has 2 unspecified atom stereocenters. The quantitative estimate of drug-likeness (QED) is 0.564. The van der Waals surface area contributed by atoms with E-state index >= 15 is 0 Å². The Hall–Kier alpha value is -3.13. The summed E-state index contributed by atoms with van der Waals surface area (Å²) in [4.78, 5) is 12.4. The van der Waals surface area contributed by atoms with Gasteiger partial charge in [-0.15, -0.1) is 0 Å². The highest BCUT2D eigenvalue weighted by molar-refractivity contribution is 7.92. The molecule has 0 heterocycles. The minimum absolute atomic E-state index is 0.00365. The predicted octanol–water partition coefficient (Wildman–Crippen LogP) is 3.18. The van der Waals surface area contributed by atoms with Crippen molar-refractivity contribution in [2.45, 2.75) is 17.7 Å². The van der Waals surface area contributed by atoms with E-state index in [1.165, 1.54) is 25.3 Å². The van der Waals surface area contributed by atoms with E-state index in [-0.39, 0.29) is 10.5 Å². The van der Waals surface area contributed by atoms with E-state index in [4.69, 9.17) is 4.74 Å². The Labute approximate surface area is 169 Å². The van der Waals surface area contributed by atoms with Crippen LogP contribution < -0.4 is 14.9 Å². The second-order valence-electron chi connectivity index (χ2n) is 7.06. The molecule has 1 amide bonds. The van der Waals surface area contributed by atoms with Crippen molar-refractivity contribution in [3.05, 3.63) is 66.2 Å². The maximum Gasteiger partial charge on any atom is 0.271 e. The van der Waals surface area contributed by atoms with Crippen molar-refractivity contribution < 1.29 is 17.9 Å². The Bertz CT molecular complexity index is 1090. The first-order valence-electron chi connectivity index (χ1n) is 9.26. The van der Waals surface area contributed by atoms with Gasteiger partial charge < -0.3 is 4.74 Å². The maximum absolute atomic E-state index is 12.7. The number of amides is 1. The number of hydrogen-bond acceptors (Lipinski definition) is 5. The lowest BCUT2D eigenvalue weighted by Gasteiger charge is -2.31. The van der Waals surface area contributed by atoms with E-state index in [1.807, 2.05) is 0 Å². The average Bonchev–Trinajstić information content (AvgIpc) is 3.09. The molecule has 2 aliphatic carbocycles. The molecule has 0 bridgehead atoms. The molecule has 8 heteroatoms. The molecule has 0 aliphatic heterocycles. The summed E-state index contributed by atoms with van der Waals surface area (Å²) in [5, 5.41) is 4.21. The standard InChI is InChI=1S/C21H21N3O4S/c1-28-17-10-8-16(9-11-17)24-29(26,27)18-6-2-5-15(12-18)21(25)23-22-20-13-14-4-3-7-19(14)20/h2-3,5-12,14,19,24H,4,13H2,1H3,(H,23,25)/b22-20+. The highest BCUT2D eigenvalue weighted by Gasteiger charge is 2.37. The van der Waals surface area contributed by atoms with Crippen molar-refractivity contribution in [2.24, 2.45) is 16.9 Å². The molecule has 2 N–H and O–H groups in total. The van der Waals surface area contributed by atoms with Crippen molar-refractivity contribution in [2.75, 3.05) is 11.8 Å². The van der Waals surface area contributed by atoms with E-state index in [9.17, 15) is 13.2 Å². The van der Waals surface area contributed by atoms with Crippen LogP contribution in [-0.2, 0) is 10.0 Å². The van der Waals surface area contributed by atoms with Crippen LogP contribution in [0, 0.1) is 11.8 Å². The van der Waals surface area contributed by atoms with Crippen molar-refractivity contribution in [1.82, 2.24) is 5.43 Å². The van der Waals surface area contributed by atoms with Crippen LogP contribution in [-0.4, -0.2) is 27.1 Å². The molecule has 29 heavy (non-hydrogen) atoms. The van der Waals surface area contributed by atoms with Crippen LogP contribution in [0.25, 0.3) is 0 Å². The van der Waals surface area contributed by atoms with Gasteiger partial charge in [-0.3, -0.25) is 9.52 Å². The molecule has 0 spiro atoms. The van der Waals surface area contributed by atoms with Gasteiger partial charge in [-0.05, 0) is 61.2 Å². The van der Waals surface area contributed by atoms with Crippen LogP contribution in [0.5, 0.6) is 5.75 Å². The van der Waals surface area contributed by atoms with Gasteiger partial charge in [0.15, 0.2) is 0 Å². The number of carbonyl (C=O) groups is 1. The molecule has 1 saturated carbocycles. The number of nitrogens with zero attached hydrogens (tertiary/aromatic N) is 1. The first kappa shape index (κ1) is 19.2. The number of ether oxygens (including phenoxy) is 1. The molecule has 2 atom stereocenters. The van der Waals surface area contributed by atoms with Gasteiger partial charge in [0.25, 0.3) is 15.9 Å². The number of allylic oxidation sites excluding steroid dienone is 2. The topological polar surface area (TPSA) is 96.9 Å². The summed E-state index contributed by atoms with van der Waals surface area (Å²) in [6, 6.07) is 12.4. The highest BCUT2D eigenvalue weighted by Crippen LogP contribution is 2.40. The summed E-state index contributed by atoms with van der Waals surface area (Å²) in [7, 11) is -2.31. The van der Waals surface area contributed by atoms with E-state index < -0.39 is 15.9 Å². The summed E-state index contributed by atoms with van der Waals surface area (Å²) in [5.41, 5.74) is 4.13. The number of anilines is 1. The zero-order chi connectivity index (χ0) is 20.4. The van der Waals surface area contributed by atoms with Crippen LogP contribution in [0.1, 0.15) is 23.2 Å². The predicted molar refractivity (Wildman–Crippen MR) is 110 cm³/mol. The molecular weight excluding hydrogens is 390 g/mol. The third kappa shape index (κ3) is 4.02. The molecule has 7 nitrogen and oxygen atoms in total. The van der Waals surface area contributed by atoms with Gasteiger partial charge in [-0.25, -0.2) is 13.8 Å². The number of fused-ring (bicyclic) bond motifs is 1. The molecule has 0 saturated heterocycles. The van der Waals surface area contributed by atoms with Crippen LogP contribution in [0.15, 0.2) is 70.7 Å².